The van der Waals surface area contributed by atoms with E-state index in [1.807, 2.05) is 24.5 Å². The zero-order valence-electron chi connectivity index (χ0n) is 18.3. The topological polar surface area (TPSA) is 73.2 Å². The van der Waals surface area contributed by atoms with Gasteiger partial charge < -0.3 is 18.7 Å². The summed E-state index contributed by atoms with van der Waals surface area (Å²) in [6.07, 6.45) is 9.81. The van der Waals surface area contributed by atoms with Crippen molar-refractivity contribution in [1.82, 2.24) is 14.9 Å². The summed E-state index contributed by atoms with van der Waals surface area (Å²) in [6.45, 7) is 0.448. The average Bonchev–Trinajstić information content (AvgIpc) is 3.60. The van der Waals surface area contributed by atoms with Crippen LogP contribution in [0.4, 0.5) is 4.39 Å². The fraction of sp³-hybridized carbons (Fsp3) is 0.308. The monoisotopic (exact) mass is 447 g/mol. The van der Waals surface area contributed by atoms with Crippen molar-refractivity contribution in [2.75, 3.05) is 6.54 Å². The van der Waals surface area contributed by atoms with Gasteiger partial charge in [-0.05, 0) is 61.4 Å². The fourth-order valence-corrected chi connectivity index (χ4v) is 4.49. The minimum Gasteiger partial charge on any atom is -0.469 e. The van der Waals surface area contributed by atoms with Gasteiger partial charge in [0.05, 0.1) is 18.3 Å². The van der Waals surface area contributed by atoms with E-state index in [2.05, 4.69) is 14.9 Å². The van der Waals surface area contributed by atoms with Gasteiger partial charge in [-0.3, -0.25) is 4.79 Å². The van der Waals surface area contributed by atoms with Crippen LogP contribution in [0.25, 0.3) is 22.7 Å². The molecule has 0 aliphatic heterocycles. The van der Waals surface area contributed by atoms with Crippen molar-refractivity contribution in [3.8, 4) is 22.7 Å². The van der Waals surface area contributed by atoms with E-state index < -0.39 is 0 Å². The number of carbonyl (C=O) groups is 1. The van der Waals surface area contributed by atoms with Gasteiger partial charge in [-0.1, -0.05) is 19.3 Å². The zero-order chi connectivity index (χ0) is 22.6. The quantitative estimate of drug-likeness (QED) is 0.376. The molecule has 170 valence electrons. The lowest BCUT2D eigenvalue weighted by Gasteiger charge is -2.24. The maximum atomic E-state index is 13.5. The summed E-state index contributed by atoms with van der Waals surface area (Å²) < 4.78 is 27.0. The second kappa shape index (κ2) is 9.48. The number of rotatable bonds is 7. The SMILES string of the molecule is O=C(NCCc1ccco1)c1ccc(-c2c(-c3ccc(F)cc3)ncn2C2CCCCC2)o1. The smallest absolute Gasteiger partial charge is 0.287 e. The molecule has 3 aromatic heterocycles. The first-order chi connectivity index (χ1) is 16.2. The molecule has 0 spiro atoms. The molecule has 1 amide bonds. The molecule has 33 heavy (non-hydrogen) atoms. The Balaban J connectivity index is 1.42. The van der Waals surface area contributed by atoms with Crippen LogP contribution in [0.2, 0.25) is 0 Å². The molecule has 1 aliphatic carbocycles. The molecule has 5 rings (SSSR count). The number of amides is 1. The van der Waals surface area contributed by atoms with Gasteiger partial charge in [0.1, 0.15) is 17.3 Å². The van der Waals surface area contributed by atoms with Crippen LogP contribution >= 0.6 is 0 Å². The van der Waals surface area contributed by atoms with E-state index >= 15 is 0 Å². The highest BCUT2D eigenvalue weighted by Gasteiger charge is 2.25. The maximum Gasteiger partial charge on any atom is 0.287 e. The van der Waals surface area contributed by atoms with Gasteiger partial charge in [0.2, 0.25) is 0 Å². The second-order valence-electron chi connectivity index (χ2n) is 8.40. The van der Waals surface area contributed by atoms with Gasteiger partial charge in [-0.2, -0.15) is 0 Å². The Labute approximate surface area is 191 Å². The molecule has 0 unspecified atom stereocenters. The van der Waals surface area contributed by atoms with Crippen molar-refractivity contribution in [3.63, 3.8) is 0 Å². The number of nitrogens with zero attached hydrogens (tertiary/aromatic N) is 2. The third-order valence-corrected chi connectivity index (χ3v) is 6.18. The maximum absolute atomic E-state index is 13.5. The summed E-state index contributed by atoms with van der Waals surface area (Å²) in [4.78, 5) is 17.3. The number of aromatic nitrogens is 2. The first-order valence-corrected chi connectivity index (χ1v) is 11.4. The Morgan fingerprint density at radius 1 is 1.09 bits per heavy atom. The summed E-state index contributed by atoms with van der Waals surface area (Å²) in [7, 11) is 0. The molecule has 3 heterocycles. The van der Waals surface area contributed by atoms with Crippen molar-refractivity contribution in [2.45, 2.75) is 44.6 Å². The van der Waals surface area contributed by atoms with Crippen molar-refractivity contribution in [3.05, 3.63) is 78.5 Å². The minimum atomic E-state index is -0.293. The van der Waals surface area contributed by atoms with Crippen LogP contribution in [0.5, 0.6) is 0 Å². The highest BCUT2D eigenvalue weighted by atomic mass is 19.1. The molecule has 4 aromatic rings. The number of furan rings is 2. The van der Waals surface area contributed by atoms with E-state index in [-0.39, 0.29) is 17.5 Å². The summed E-state index contributed by atoms with van der Waals surface area (Å²) in [5.41, 5.74) is 2.35. The summed E-state index contributed by atoms with van der Waals surface area (Å²) in [5, 5.41) is 2.87. The van der Waals surface area contributed by atoms with Gasteiger partial charge in [0.15, 0.2) is 11.5 Å². The first kappa shape index (κ1) is 21.2. The van der Waals surface area contributed by atoms with Crippen LogP contribution in [-0.4, -0.2) is 22.0 Å². The average molecular weight is 448 g/mol. The molecule has 1 aliphatic rings. The third kappa shape index (κ3) is 4.62. The van der Waals surface area contributed by atoms with E-state index in [9.17, 15) is 9.18 Å². The highest BCUT2D eigenvalue weighted by Crippen LogP contribution is 2.38. The minimum absolute atomic E-state index is 0.242. The van der Waals surface area contributed by atoms with E-state index in [1.165, 1.54) is 31.4 Å². The molecule has 0 atom stereocenters. The van der Waals surface area contributed by atoms with E-state index in [0.717, 1.165) is 35.6 Å². The molecule has 1 N–H and O–H groups in total. The lowest BCUT2D eigenvalue weighted by atomic mass is 9.95. The number of hydrogen-bond donors (Lipinski definition) is 1. The van der Waals surface area contributed by atoms with Crippen molar-refractivity contribution in [1.29, 1.82) is 0 Å². The van der Waals surface area contributed by atoms with Crippen molar-refractivity contribution in [2.24, 2.45) is 0 Å². The molecule has 1 fully saturated rings. The van der Waals surface area contributed by atoms with Crippen LogP contribution < -0.4 is 5.32 Å². The van der Waals surface area contributed by atoms with Crippen molar-refractivity contribution < 1.29 is 18.0 Å². The molecular formula is C26H26FN3O3. The van der Waals surface area contributed by atoms with Crippen LogP contribution in [0.1, 0.15) is 54.5 Å². The van der Waals surface area contributed by atoms with E-state index in [4.69, 9.17) is 8.83 Å². The molecule has 1 aromatic carbocycles. The van der Waals surface area contributed by atoms with Gasteiger partial charge in [-0.15, -0.1) is 0 Å². The number of hydrogen-bond acceptors (Lipinski definition) is 4. The number of imidazole rings is 1. The molecular weight excluding hydrogens is 421 g/mol. The summed E-state index contributed by atoms with van der Waals surface area (Å²) in [5.74, 6) is 1.06. The lowest BCUT2D eigenvalue weighted by molar-refractivity contribution is 0.0927. The first-order valence-electron chi connectivity index (χ1n) is 11.4. The van der Waals surface area contributed by atoms with E-state index in [0.29, 0.717) is 24.8 Å². The van der Waals surface area contributed by atoms with Crippen molar-refractivity contribution >= 4 is 5.91 Å². The van der Waals surface area contributed by atoms with Crippen LogP contribution in [0, 0.1) is 5.82 Å². The van der Waals surface area contributed by atoms with Crippen LogP contribution in [0.3, 0.4) is 0 Å². The van der Waals surface area contributed by atoms with Crippen LogP contribution in [0.15, 0.2) is 70.0 Å². The molecule has 1 saturated carbocycles. The Hall–Kier alpha value is -3.61. The molecule has 0 bridgehead atoms. The largest absolute Gasteiger partial charge is 0.469 e. The predicted molar refractivity (Wildman–Crippen MR) is 122 cm³/mol. The summed E-state index contributed by atoms with van der Waals surface area (Å²) >= 11 is 0. The third-order valence-electron chi connectivity index (χ3n) is 6.18. The lowest BCUT2D eigenvalue weighted by Crippen LogP contribution is -2.25. The second-order valence-corrected chi connectivity index (χ2v) is 8.40. The number of nitrogens with one attached hydrogen (secondary N) is 1. The Bertz CT molecular complexity index is 1200. The predicted octanol–water partition coefficient (Wildman–Crippen LogP) is 6.02. The summed E-state index contributed by atoms with van der Waals surface area (Å²) in [6, 6.07) is 13.8. The number of benzene rings is 1. The number of halogens is 1. The number of carbonyl (C=O) groups excluding carboxylic acids is 1. The Kier molecular flexibility index (Phi) is 6.11. The molecule has 7 heteroatoms. The normalized spacial score (nSPS) is 14.5. The molecule has 0 saturated heterocycles. The van der Waals surface area contributed by atoms with Gasteiger partial charge >= 0.3 is 0 Å². The fourth-order valence-electron chi connectivity index (χ4n) is 4.49. The van der Waals surface area contributed by atoms with Gasteiger partial charge in [-0.25, -0.2) is 9.37 Å². The van der Waals surface area contributed by atoms with E-state index in [1.54, 1.807) is 24.5 Å². The Morgan fingerprint density at radius 3 is 2.67 bits per heavy atom. The Morgan fingerprint density at radius 2 is 1.91 bits per heavy atom. The highest BCUT2D eigenvalue weighted by molar-refractivity contribution is 5.92. The van der Waals surface area contributed by atoms with Gasteiger partial charge in [0.25, 0.3) is 5.91 Å². The molecule has 0 radical (unpaired) electrons. The zero-order valence-corrected chi connectivity index (χ0v) is 18.3. The van der Waals surface area contributed by atoms with Gasteiger partial charge in [0, 0.05) is 24.6 Å². The standard InChI is InChI=1S/C26H26FN3O3/c27-19-10-8-18(9-11-19)24-25(30(17-29-24)20-5-2-1-3-6-20)22-12-13-23(33-22)26(31)28-15-14-21-7-4-16-32-21/h4,7-13,16-17,20H,1-3,5-6,14-15H2,(H,28,31). The molecule has 6 nitrogen and oxygen atoms in total. The van der Waals surface area contributed by atoms with Crippen LogP contribution in [-0.2, 0) is 6.42 Å².